The summed E-state index contributed by atoms with van der Waals surface area (Å²) in [7, 11) is 0. The molecule has 0 amide bonds. The molecule has 5 heteroatoms. The summed E-state index contributed by atoms with van der Waals surface area (Å²) in [5.74, 6) is -1.14. The lowest BCUT2D eigenvalue weighted by Gasteiger charge is -2.24. The highest BCUT2D eigenvalue weighted by Gasteiger charge is 2.29. The summed E-state index contributed by atoms with van der Waals surface area (Å²) < 4.78 is 14.1. The van der Waals surface area contributed by atoms with Gasteiger partial charge in [0, 0.05) is 0 Å². The van der Waals surface area contributed by atoms with Gasteiger partial charge in [0.2, 0.25) is 5.82 Å². The number of nitrogens with zero attached hydrogens (tertiary/aromatic N) is 2. The lowest BCUT2D eigenvalue weighted by atomic mass is 9.80. The third kappa shape index (κ3) is 2.66. The van der Waals surface area contributed by atoms with Gasteiger partial charge in [0.15, 0.2) is 5.78 Å². The molecule has 0 radical (unpaired) electrons. The highest BCUT2D eigenvalue weighted by Crippen LogP contribution is 2.24. The summed E-state index contributed by atoms with van der Waals surface area (Å²) >= 11 is 0. The van der Waals surface area contributed by atoms with E-state index in [1.165, 1.54) is 6.33 Å². The van der Waals surface area contributed by atoms with Gasteiger partial charge in [-0.25, -0.2) is 4.98 Å². The molecule has 104 valence electrons. The van der Waals surface area contributed by atoms with Crippen LogP contribution in [0.2, 0.25) is 0 Å². The highest BCUT2D eigenvalue weighted by molar-refractivity contribution is 5.89. The van der Waals surface area contributed by atoms with E-state index in [0.717, 1.165) is 16.3 Å². The van der Waals surface area contributed by atoms with Crippen LogP contribution in [0.15, 0.2) is 47.7 Å². The lowest BCUT2D eigenvalue weighted by molar-refractivity contribution is -0.124. The number of aromatic nitrogens is 2. The van der Waals surface area contributed by atoms with Gasteiger partial charge in [-0.05, 0) is 19.4 Å². The van der Waals surface area contributed by atoms with Crippen molar-refractivity contribution in [3.8, 4) is 0 Å². The average Bonchev–Trinajstić information content (AvgIpc) is 2.44. The van der Waals surface area contributed by atoms with Crippen LogP contribution in [-0.2, 0) is 16.8 Å². The topological polar surface area (TPSA) is 52.0 Å². The fraction of sp³-hybridized carbons (Fsp3) is 0.267. The van der Waals surface area contributed by atoms with Crippen LogP contribution in [0.1, 0.15) is 19.4 Å². The summed E-state index contributed by atoms with van der Waals surface area (Å²) in [4.78, 5) is 27.5. The zero-order valence-electron chi connectivity index (χ0n) is 11.3. The Morgan fingerprint density at radius 1 is 1.30 bits per heavy atom. The van der Waals surface area contributed by atoms with Crippen molar-refractivity contribution < 1.29 is 9.18 Å². The summed E-state index contributed by atoms with van der Waals surface area (Å²) in [6, 6.07) is 9.26. The number of hydrogen-bond donors (Lipinski definition) is 0. The van der Waals surface area contributed by atoms with Crippen LogP contribution in [0.25, 0.3) is 0 Å². The van der Waals surface area contributed by atoms with Gasteiger partial charge in [0.1, 0.15) is 0 Å². The van der Waals surface area contributed by atoms with E-state index in [2.05, 4.69) is 4.98 Å². The lowest BCUT2D eigenvalue weighted by Crippen LogP contribution is -2.36. The predicted octanol–water partition coefficient (Wildman–Crippen LogP) is 1.93. The Morgan fingerprint density at radius 2 is 1.95 bits per heavy atom. The molecule has 0 fully saturated rings. The molecule has 0 aliphatic heterocycles. The standard InChI is InChI=1S/C15H15FN2O2/c1-15(2,11-6-4-3-5-7-11)13(19)9-18-10-17-8-12(16)14(18)20/h3-8,10H,9H2,1-2H3. The molecular formula is C15H15FN2O2. The Balaban J connectivity index is 2.28. The molecule has 2 rings (SSSR count). The van der Waals surface area contributed by atoms with Crippen LogP contribution >= 0.6 is 0 Å². The van der Waals surface area contributed by atoms with E-state index in [4.69, 9.17) is 0 Å². The smallest absolute Gasteiger partial charge is 0.289 e. The number of rotatable bonds is 4. The molecule has 0 aliphatic carbocycles. The van der Waals surface area contributed by atoms with Gasteiger partial charge in [-0.1, -0.05) is 30.3 Å². The predicted molar refractivity (Wildman–Crippen MR) is 72.9 cm³/mol. The quantitative estimate of drug-likeness (QED) is 0.856. The molecule has 0 spiro atoms. The molecule has 0 unspecified atom stereocenters. The van der Waals surface area contributed by atoms with E-state index in [1.54, 1.807) is 13.8 Å². The Bertz CT molecular complexity index is 678. The molecule has 2 aromatic rings. The number of halogens is 1. The number of carbonyl (C=O) groups is 1. The van der Waals surface area contributed by atoms with E-state index in [1.807, 2.05) is 30.3 Å². The minimum atomic E-state index is -0.960. The van der Waals surface area contributed by atoms with Gasteiger partial charge in [0.05, 0.1) is 24.5 Å². The second kappa shape index (κ2) is 5.36. The van der Waals surface area contributed by atoms with Gasteiger partial charge in [-0.2, -0.15) is 4.39 Å². The third-order valence-electron chi connectivity index (χ3n) is 3.37. The molecule has 0 bridgehead atoms. The normalized spacial score (nSPS) is 11.3. The van der Waals surface area contributed by atoms with E-state index >= 15 is 0 Å². The van der Waals surface area contributed by atoms with Crippen molar-refractivity contribution >= 4 is 5.78 Å². The van der Waals surface area contributed by atoms with Gasteiger partial charge < -0.3 is 0 Å². The Labute approximate surface area is 115 Å². The first-order valence-corrected chi connectivity index (χ1v) is 6.21. The van der Waals surface area contributed by atoms with Crippen molar-refractivity contribution in [1.29, 1.82) is 0 Å². The number of carbonyl (C=O) groups excluding carboxylic acids is 1. The van der Waals surface area contributed by atoms with Crippen LogP contribution in [0.5, 0.6) is 0 Å². The maximum atomic E-state index is 13.1. The third-order valence-corrected chi connectivity index (χ3v) is 3.37. The molecule has 0 saturated heterocycles. The number of ketones is 1. The number of Topliss-reactive ketones (excluding diaryl/α,β-unsaturated/α-hetero) is 1. The largest absolute Gasteiger partial charge is 0.297 e. The minimum absolute atomic E-state index is 0.182. The van der Waals surface area contributed by atoms with Crippen LogP contribution in [0.4, 0.5) is 4.39 Å². The van der Waals surface area contributed by atoms with Crippen LogP contribution in [0.3, 0.4) is 0 Å². The maximum Gasteiger partial charge on any atom is 0.289 e. The highest BCUT2D eigenvalue weighted by atomic mass is 19.1. The summed E-state index contributed by atoms with van der Waals surface area (Å²) in [6.45, 7) is 3.36. The van der Waals surface area contributed by atoms with Crippen LogP contribution in [-0.4, -0.2) is 15.3 Å². The molecule has 1 aromatic heterocycles. The van der Waals surface area contributed by atoms with Gasteiger partial charge >= 0.3 is 0 Å². The van der Waals surface area contributed by atoms with Crippen molar-refractivity contribution in [2.75, 3.05) is 0 Å². The summed E-state index contributed by atoms with van der Waals surface area (Å²) in [5.41, 5.74) is -0.743. The minimum Gasteiger partial charge on any atom is -0.297 e. The van der Waals surface area contributed by atoms with E-state index in [-0.39, 0.29) is 12.3 Å². The van der Waals surface area contributed by atoms with Crippen molar-refractivity contribution in [2.24, 2.45) is 0 Å². The average molecular weight is 274 g/mol. The van der Waals surface area contributed by atoms with E-state index in [0.29, 0.717) is 0 Å². The Hall–Kier alpha value is -2.30. The zero-order chi connectivity index (χ0) is 14.8. The fourth-order valence-electron chi connectivity index (χ4n) is 1.90. The van der Waals surface area contributed by atoms with Crippen molar-refractivity contribution in [2.45, 2.75) is 25.8 Å². The first kappa shape index (κ1) is 14.1. The first-order valence-electron chi connectivity index (χ1n) is 6.21. The number of hydrogen-bond acceptors (Lipinski definition) is 3. The van der Waals surface area contributed by atoms with Crippen molar-refractivity contribution in [1.82, 2.24) is 9.55 Å². The van der Waals surface area contributed by atoms with E-state index in [9.17, 15) is 14.0 Å². The molecule has 1 aromatic carbocycles. The van der Waals surface area contributed by atoms with Crippen molar-refractivity contribution in [3.05, 3.63) is 64.6 Å². The van der Waals surface area contributed by atoms with Crippen LogP contribution < -0.4 is 5.56 Å². The summed E-state index contributed by atoms with van der Waals surface area (Å²) in [6.07, 6.45) is 2.01. The molecule has 20 heavy (non-hydrogen) atoms. The van der Waals surface area contributed by atoms with Crippen LogP contribution in [0, 0.1) is 5.82 Å². The van der Waals surface area contributed by atoms with E-state index < -0.39 is 16.8 Å². The van der Waals surface area contributed by atoms with Gasteiger partial charge in [-0.3, -0.25) is 14.2 Å². The maximum absolute atomic E-state index is 13.1. The van der Waals surface area contributed by atoms with Gasteiger partial charge in [-0.15, -0.1) is 0 Å². The number of benzene rings is 1. The molecular weight excluding hydrogens is 259 g/mol. The molecule has 0 atom stereocenters. The Kier molecular flexibility index (Phi) is 3.79. The second-order valence-corrected chi connectivity index (χ2v) is 5.09. The zero-order valence-corrected chi connectivity index (χ0v) is 11.3. The summed E-state index contributed by atoms with van der Waals surface area (Å²) in [5, 5.41) is 0. The van der Waals surface area contributed by atoms with Gasteiger partial charge in [0.25, 0.3) is 5.56 Å². The molecule has 0 aliphatic rings. The molecule has 0 N–H and O–H groups in total. The second-order valence-electron chi connectivity index (χ2n) is 5.09. The monoisotopic (exact) mass is 274 g/mol. The van der Waals surface area contributed by atoms with Crippen molar-refractivity contribution in [3.63, 3.8) is 0 Å². The molecule has 4 nitrogen and oxygen atoms in total. The molecule has 0 saturated carbocycles. The molecule has 1 heterocycles. The fourth-order valence-corrected chi connectivity index (χ4v) is 1.90. The Morgan fingerprint density at radius 3 is 2.60 bits per heavy atom. The first-order chi connectivity index (χ1) is 9.43. The SMILES string of the molecule is CC(C)(C(=O)Cn1cncc(F)c1=O)c1ccccc1.